The van der Waals surface area contributed by atoms with Crippen LogP contribution in [-0.4, -0.2) is 50.6 Å². The first-order chi connectivity index (χ1) is 13.4. The predicted octanol–water partition coefficient (Wildman–Crippen LogP) is 1.60. The average Bonchev–Trinajstić information content (AvgIpc) is 3.24. The summed E-state index contributed by atoms with van der Waals surface area (Å²) in [4.78, 5) is 27.2. The Kier molecular flexibility index (Phi) is 4.91. The summed E-state index contributed by atoms with van der Waals surface area (Å²) < 4.78 is 1.94. The van der Waals surface area contributed by atoms with E-state index in [0.717, 1.165) is 36.5 Å². The summed E-state index contributed by atoms with van der Waals surface area (Å²) in [5, 5.41) is 11.2. The molecular formula is C21H27N5O2. The Hall–Kier alpha value is -2.70. The molecule has 0 bridgehead atoms. The van der Waals surface area contributed by atoms with E-state index in [-0.39, 0.29) is 17.9 Å². The van der Waals surface area contributed by atoms with Crippen LogP contribution in [0.4, 0.5) is 0 Å². The van der Waals surface area contributed by atoms with Crippen LogP contribution < -0.4 is 5.32 Å². The number of aryl methyl sites for hydroxylation is 1. The van der Waals surface area contributed by atoms with Gasteiger partial charge in [0.15, 0.2) is 0 Å². The molecule has 2 aliphatic rings. The smallest absolute Gasteiger partial charge is 0.289 e. The molecule has 7 nitrogen and oxygen atoms in total. The van der Waals surface area contributed by atoms with Crippen molar-refractivity contribution in [2.75, 3.05) is 13.1 Å². The van der Waals surface area contributed by atoms with Crippen molar-refractivity contribution in [3.63, 3.8) is 0 Å². The Morgan fingerprint density at radius 2 is 1.89 bits per heavy atom. The molecule has 4 rings (SSSR count). The number of carbonyl (C=O) groups is 2. The quantitative estimate of drug-likeness (QED) is 0.872. The van der Waals surface area contributed by atoms with E-state index in [9.17, 15) is 9.59 Å². The van der Waals surface area contributed by atoms with E-state index in [1.165, 1.54) is 0 Å². The standard InChI is InChI=1S/C21H27N5O2/c1-13(2)22-21(28)20-24-23-18-8-16-10-25(11-17(16)12-26(18)20)19(27)9-15-7-5-4-6-14(15)3/h4-7,13,16-17H,8-12H2,1-3H3,(H,22,28)/t16-,17-/m0/s1. The van der Waals surface area contributed by atoms with Gasteiger partial charge in [-0.05, 0) is 43.7 Å². The molecule has 2 aromatic rings. The molecule has 1 aromatic carbocycles. The fourth-order valence-electron chi connectivity index (χ4n) is 4.31. The molecular weight excluding hydrogens is 354 g/mol. The summed E-state index contributed by atoms with van der Waals surface area (Å²) in [6.45, 7) is 8.09. The predicted molar refractivity (Wildman–Crippen MR) is 105 cm³/mol. The molecule has 7 heteroatoms. The van der Waals surface area contributed by atoms with Gasteiger partial charge in [0.1, 0.15) is 5.82 Å². The number of amides is 2. The topological polar surface area (TPSA) is 80.1 Å². The SMILES string of the molecule is Cc1ccccc1CC(=O)N1C[C@@H]2Cc3nnc(C(=O)NC(C)C)n3C[C@@H]2C1. The number of hydrogen-bond donors (Lipinski definition) is 1. The van der Waals surface area contributed by atoms with E-state index in [1.807, 2.05) is 54.5 Å². The van der Waals surface area contributed by atoms with Crippen LogP contribution in [0.2, 0.25) is 0 Å². The van der Waals surface area contributed by atoms with Crippen molar-refractivity contribution in [2.45, 2.75) is 46.2 Å². The molecule has 28 heavy (non-hydrogen) atoms. The molecule has 1 aromatic heterocycles. The summed E-state index contributed by atoms with van der Waals surface area (Å²) in [6, 6.07) is 8.10. The monoisotopic (exact) mass is 381 g/mol. The fourth-order valence-corrected chi connectivity index (χ4v) is 4.31. The molecule has 3 heterocycles. The minimum atomic E-state index is -0.183. The van der Waals surface area contributed by atoms with Gasteiger partial charge in [-0.3, -0.25) is 9.59 Å². The van der Waals surface area contributed by atoms with Gasteiger partial charge in [-0.15, -0.1) is 10.2 Å². The van der Waals surface area contributed by atoms with Gasteiger partial charge in [-0.1, -0.05) is 24.3 Å². The molecule has 148 valence electrons. The second-order valence-electron chi connectivity index (χ2n) is 8.30. The van der Waals surface area contributed by atoms with E-state index in [2.05, 4.69) is 15.5 Å². The van der Waals surface area contributed by atoms with E-state index >= 15 is 0 Å². The number of hydrogen-bond acceptors (Lipinski definition) is 4. The first-order valence-electron chi connectivity index (χ1n) is 9.97. The Balaban J connectivity index is 1.44. The van der Waals surface area contributed by atoms with Gasteiger partial charge in [0.05, 0.1) is 6.42 Å². The van der Waals surface area contributed by atoms with Crippen LogP contribution in [0.3, 0.4) is 0 Å². The number of benzene rings is 1. The van der Waals surface area contributed by atoms with Crippen LogP contribution in [0.1, 0.15) is 41.4 Å². The normalized spacial score (nSPS) is 20.8. The van der Waals surface area contributed by atoms with Crippen molar-refractivity contribution < 1.29 is 9.59 Å². The first kappa shape index (κ1) is 18.7. The molecule has 1 fully saturated rings. The highest BCUT2D eigenvalue weighted by molar-refractivity contribution is 5.90. The summed E-state index contributed by atoms with van der Waals surface area (Å²) in [6.07, 6.45) is 1.21. The molecule has 0 radical (unpaired) electrons. The van der Waals surface area contributed by atoms with Crippen LogP contribution in [0.5, 0.6) is 0 Å². The van der Waals surface area contributed by atoms with E-state index in [4.69, 9.17) is 0 Å². The third-order valence-electron chi connectivity index (χ3n) is 5.84. The lowest BCUT2D eigenvalue weighted by Gasteiger charge is -2.25. The van der Waals surface area contributed by atoms with E-state index < -0.39 is 0 Å². The minimum Gasteiger partial charge on any atom is -0.347 e. The molecule has 0 aliphatic carbocycles. The molecule has 0 unspecified atom stereocenters. The van der Waals surface area contributed by atoms with Gasteiger partial charge in [0.2, 0.25) is 11.7 Å². The van der Waals surface area contributed by atoms with Gasteiger partial charge in [0, 0.05) is 32.1 Å². The van der Waals surface area contributed by atoms with Gasteiger partial charge in [-0.25, -0.2) is 0 Å². The number of nitrogens with one attached hydrogen (secondary N) is 1. The number of aromatic nitrogens is 3. The number of fused-ring (bicyclic) bond motifs is 2. The Morgan fingerprint density at radius 3 is 2.64 bits per heavy atom. The van der Waals surface area contributed by atoms with E-state index in [0.29, 0.717) is 30.6 Å². The van der Waals surface area contributed by atoms with Crippen molar-refractivity contribution in [1.82, 2.24) is 25.0 Å². The van der Waals surface area contributed by atoms with Crippen molar-refractivity contribution in [1.29, 1.82) is 0 Å². The third kappa shape index (κ3) is 3.53. The average molecular weight is 381 g/mol. The third-order valence-corrected chi connectivity index (χ3v) is 5.84. The van der Waals surface area contributed by atoms with Gasteiger partial charge >= 0.3 is 0 Å². The highest BCUT2D eigenvalue weighted by atomic mass is 16.2. The maximum absolute atomic E-state index is 12.8. The summed E-state index contributed by atoms with van der Waals surface area (Å²) in [5.74, 6) is 1.96. The van der Waals surface area contributed by atoms with Crippen LogP contribution >= 0.6 is 0 Å². The number of rotatable bonds is 4. The van der Waals surface area contributed by atoms with Gasteiger partial charge in [0.25, 0.3) is 5.91 Å². The lowest BCUT2D eigenvalue weighted by atomic mass is 9.89. The lowest BCUT2D eigenvalue weighted by molar-refractivity contribution is -0.129. The summed E-state index contributed by atoms with van der Waals surface area (Å²) in [7, 11) is 0. The minimum absolute atomic E-state index is 0.0535. The number of likely N-dealkylation sites (tertiary alicyclic amines) is 1. The highest BCUT2D eigenvalue weighted by Crippen LogP contribution is 2.33. The Labute approximate surface area is 165 Å². The molecule has 2 aliphatic heterocycles. The Morgan fingerprint density at radius 1 is 1.14 bits per heavy atom. The number of nitrogens with zero attached hydrogens (tertiary/aromatic N) is 4. The molecule has 2 atom stereocenters. The zero-order valence-electron chi connectivity index (χ0n) is 16.7. The fraction of sp³-hybridized carbons (Fsp3) is 0.524. The van der Waals surface area contributed by atoms with Crippen molar-refractivity contribution in [2.24, 2.45) is 11.8 Å². The van der Waals surface area contributed by atoms with Gasteiger partial charge < -0.3 is 14.8 Å². The Bertz CT molecular complexity index is 904. The number of carbonyl (C=O) groups excluding carboxylic acids is 2. The lowest BCUT2D eigenvalue weighted by Crippen LogP contribution is -2.35. The van der Waals surface area contributed by atoms with Crippen LogP contribution in [0.15, 0.2) is 24.3 Å². The second-order valence-corrected chi connectivity index (χ2v) is 8.30. The summed E-state index contributed by atoms with van der Waals surface area (Å²) >= 11 is 0. The molecule has 1 saturated heterocycles. The van der Waals surface area contributed by atoms with Crippen molar-refractivity contribution in [3.05, 3.63) is 47.0 Å². The largest absolute Gasteiger partial charge is 0.347 e. The van der Waals surface area contributed by atoms with Crippen LogP contribution in [0, 0.1) is 18.8 Å². The molecule has 2 amide bonds. The maximum Gasteiger partial charge on any atom is 0.289 e. The van der Waals surface area contributed by atoms with Crippen LogP contribution in [-0.2, 0) is 24.2 Å². The highest BCUT2D eigenvalue weighted by Gasteiger charge is 2.40. The van der Waals surface area contributed by atoms with Crippen LogP contribution in [0.25, 0.3) is 0 Å². The van der Waals surface area contributed by atoms with Crippen molar-refractivity contribution in [3.8, 4) is 0 Å². The van der Waals surface area contributed by atoms with E-state index in [1.54, 1.807) is 0 Å². The van der Waals surface area contributed by atoms with Gasteiger partial charge in [-0.2, -0.15) is 0 Å². The first-order valence-corrected chi connectivity index (χ1v) is 9.97. The maximum atomic E-state index is 12.8. The van der Waals surface area contributed by atoms with Crippen molar-refractivity contribution >= 4 is 11.8 Å². The zero-order chi connectivity index (χ0) is 19.8. The second kappa shape index (κ2) is 7.37. The molecule has 0 spiro atoms. The summed E-state index contributed by atoms with van der Waals surface area (Å²) in [5.41, 5.74) is 2.24. The molecule has 0 saturated carbocycles. The molecule has 1 N–H and O–H groups in total. The zero-order valence-corrected chi connectivity index (χ0v) is 16.7.